The summed E-state index contributed by atoms with van der Waals surface area (Å²) < 4.78 is 41.7. The summed E-state index contributed by atoms with van der Waals surface area (Å²) in [4.78, 5) is 20.0. The van der Waals surface area contributed by atoms with Crippen molar-refractivity contribution in [3.8, 4) is 0 Å². The number of hydrogen-bond acceptors (Lipinski definition) is 4. The normalized spacial score (nSPS) is 18.2. The molecule has 2 aromatic rings. The molecule has 1 N–H and O–H groups in total. The van der Waals surface area contributed by atoms with Gasteiger partial charge in [-0.15, -0.1) is 0 Å². The van der Waals surface area contributed by atoms with E-state index in [-0.39, 0.29) is 16.6 Å². The van der Waals surface area contributed by atoms with E-state index >= 15 is 0 Å². The summed E-state index contributed by atoms with van der Waals surface area (Å²) in [5.41, 5.74) is 1.83. The van der Waals surface area contributed by atoms with E-state index in [2.05, 4.69) is 4.98 Å². The monoisotopic (exact) mass is 434 g/mol. The lowest BCUT2D eigenvalue weighted by Crippen LogP contribution is -2.49. The first-order valence-corrected chi connectivity index (χ1v) is 11.7. The fourth-order valence-corrected chi connectivity index (χ4v) is 6.33. The highest BCUT2D eigenvalue weighted by Crippen LogP contribution is 2.29. The van der Waals surface area contributed by atoms with Crippen molar-refractivity contribution in [1.29, 1.82) is 0 Å². The van der Waals surface area contributed by atoms with E-state index in [0.29, 0.717) is 61.9 Å². The van der Waals surface area contributed by atoms with Gasteiger partial charge < -0.3 is 14.8 Å². The van der Waals surface area contributed by atoms with Crippen molar-refractivity contribution in [3.63, 3.8) is 0 Å². The maximum absolute atomic E-state index is 14.0. The molecule has 2 aliphatic heterocycles. The van der Waals surface area contributed by atoms with Crippen molar-refractivity contribution < 1.29 is 17.6 Å². The number of amides is 1. The minimum atomic E-state index is -3.61. The zero-order chi connectivity index (χ0) is 21.5. The molecule has 0 atom stereocenters. The third-order valence-corrected chi connectivity index (χ3v) is 8.18. The predicted molar refractivity (Wildman–Crippen MR) is 113 cm³/mol. The number of benzene rings is 1. The lowest BCUT2D eigenvalue weighted by Gasteiger charge is -2.36. The second-order valence-electron chi connectivity index (χ2n) is 7.92. The van der Waals surface area contributed by atoms with Crippen LogP contribution in [0.15, 0.2) is 29.2 Å². The van der Waals surface area contributed by atoms with Gasteiger partial charge in [0.1, 0.15) is 16.4 Å². The Kier molecular flexibility index (Phi) is 5.59. The standard InChI is InChI=1S/C21H27FN4O3S/c1-15-19(23-16(2)20(15)30(28,29)26-9-5-6-10-26)21(27)25-13-11-24(12-14-25)18-8-4-3-7-17(18)22/h3-4,7-8,23H,5-6,9-14H2,1-2H3. The molecule has 0 aliphatic carbocycles. The van der Waals surface area contributed by atoms with Crippen LogP contribution in [-0.4, -0.2) is 67.8 Å². The molecule has 0 saturated carbocycles. The lowest BCUT2D eigenvalue weighted by molar-refractivity contribution is 0.0740. The fraction of sp³-hybridized carbons (Fsp3) is 0.476. The molecule has 0 radical (unpaired) electrons. The second-order valence-corrected chi connectivity index (χ2v) is 9.80. The highest BCUT2D eigenvalue weighted by atomic mass is 32.2. The first-order chi connectivity index (χ1) is 14.3. The van der Waals surface area contributed by atoms with Crippen LogP contribution in [-0.2, 0) is 10.0 Å². The van der Waals surface area contributed by atoms with Crippen LogP contribution in [0.3, 0.4) is 0 Å². The van der Waals surface area contributed by atoms with Crippen molar-refractivity contribution in [2.24, 2.45) is 0 Å². The molecule has 30 heavy (non-hydrogen) atoms. The number of sulfonamides is 1. The van der Waals surface area contributed by atoms with E-state index in [1.807, 2.05) is 4.90 Å². The topological polar surface area (TPSA) is 76.7 Å². The van der Waals surface area contributed by atoms with Crippen LogP contribution in [0.2, 0.25) is 0 Å². The average Bonchev–Trinajstić information content (AvgIpc) is 3.37. The van der Waals surface area contributed by atoms with Gasteiger partial charge in [-0.25, -0.2) is 12.8 Å². The molecule has 1 aromatic carbocycles. The molecule has 4 rings (SSSR count). The highest BCUT2D eigenvalue weighted by Gasteiger charge is 2.34. The number of H-pyrrole nitrogens is 1. The second kappa shape index (κ2) is 8.03. The zero-order valence-corrected chi connectivity index (χ0v) is 18.1. The van der Waals surface area contributed by atoms with Crippen LogP contribution in [0.4, 0.5) is 10.1 Å². The molecule has 2 saturated heterocycles. The van der Waals surface area contributed by atoms with E-state index in [1.54, 1.807) is 36.9 Å². The number of para-hydroxylation sites is 1. The van der Waals surface area contributed by atoms with Crippen LogP contribution in [0.5, 0.6) is 0 Å². The molecule has 162 valence electrons. The number of carbonyl (C=O) groups is 1. The number of halogens is 1. The molecule has 0 unspecified atom stereocenters. The number of piperazine rings is 1. The quantitative estimate of drug-likeness (QED) is 0.802. The molecule has 3 heterocycles. The molecule has 9 heteroatoms. The van der Waals surface area contributed by atoms with Gasteiger partial charge in [-0.2, -0.15) is 4.31 Å². The predicted octanol–water partition coefficient (Wildman–Crippen LogP) is 2.52. The summed E-state index contributed by atoms with van der Waals surface area (Å²) >= 11 is 0. The highest BCUT2D eigenvalue weighted by molar-refractivity contribution is 7.89. The number of nitrogens with zero attached hydrogens (tertiary/aromatic N) is 3. The van der Waals surface area contributed by atoms with Crippen molar-refractivity contribution in [3.05, 3.63) is 47.0 Å². The maximum Gasteiger partial charge on any atom is 0.270 e. The summed E-state index contributed by atoms with van der Waals surface area (Å²) in [7, 11) is -3.61. The Morgan fingerprint density at radius 1 is 1.00 bits per heavy atom. The van der Waals surface area contributed by atoms with Crippen molar-refractivity contribution in [2.75, 3.05) is 44.2 Å². The maximum atomic E-state index is 14.0. The van der Waals surface area contributed by atoms with Gasteiger partial charge >= 0.3 is 0 Å². The number of hydrogen-bond donors (Lipinski definition) is 1. The van der Waals surface area contributed by atoms with Crippen molar-refractivity contribution >= 4 is 21.6 Å². The molecule has 0 spiro atoms. The van der Waals surface area contributed by atoms with Gasteiger partial charge in [0.2, 0.25) is 10.0 Å². The number of aromatic amines is 1. The fourth-order valence-electron chi connectivity index (χ4n) is 4.41. The molecule has 1 amide bonds. The molecular formula is C21H27FN4O3S. The summed E-state index contributed by atoms with van der Waals surface area (Å²) in [6.07, 6.45) is 1.72. The zero-order valence-electron chi connectivity index (χ0n) is 17.3. The van der Waals surface area contributed by atoms with Gasteiger partial charge in [-0.3, -0.25) is 4.79 Å². The number of aromatic nitrogens is 1. The van der Waals surface area contributed by atoms with E-state index in [9.17, 15) is 17.6 Å². The summed E-state index contributed by atoms with van der Waals surface area (Å²) in [6.45, 7) is 6.35. The Hall–Kier alpha value is -2.39. The number of anilines is 1. The third-order valence-electron chi connectivity index (χ3n) is 6.01. The molecular weight excluding hydrogens is 407 g/mol. The van der Waals surface area contributed by atoms with Crippen molar-refractivity contribution in [1.82, 2.24) is 14.2 Å². The van der Waals surface area contributed by atoms with Gasteiger partial charge in [-0.1, -0.05) is 12.1 Å². The molecule has 1 aromatic heterocycles. The van der Waals surface area contributed by atoms with Crippen LogP contribution < -0.4 is 4.90 Å². The Morgan fingerprint density at radius 2 is 1.63 bits per heavy atom. The van der Waals surface area contributed by atoms with Crippen LogP contribution in [0.25, 0.3) is 0 Å². The van der Waals surface area contributed by atoms with Gasteiger partial charge in [-0.05, 0) is 44.4 Å². The van der Waals surface area contributed by atoms with Crippen molar-refractivity contribution in [2.45, 2.75) is 31.6 Å². The molecule has 0 bridgehead atoms. The van der Waals surface area contributed by atoms with Gasteiger partial charge in [0.05, 0.1) is 5.69 Å². The van der Waals surface area contributed by atoms with Crippen LogP contribution in [0, 0.1) is 19.7 Å². The SMILES string of the molecule is Cc1[nH]c(C(=O)N2CCN(c3ccccc3F)CC2)c(C)c1S(=O)(=O)N1CCCC1. The summed E-state index contributed by atoms with van der Waals surface area (Å²) in [5.74, 6) is -0.489. The van der Waals surface area contributed by atoms with E-state index in [0.717, 1.165) is 12.8 Å². The Labute approximate surface area is 176 Å². The number of rotatable bonds is 4. The first kappa shape index (κ1) is 20.9. The van der Waals surface area contributed by atoms with Crippen LogP contribution >= 0.6 is 0 Å². The minimum Gasteiger partial charge on any atom is -0.366 e. The Morgan fingerprint density at radius 3 is 2.27 bits per heavy atom. The largest absolute Gasteiger partial charge is 0.366 e. The average molecular weight is 435 g/mol. The molecule has 2 aliphatic rings. The van der Waals surface area contributed by atoms with E-state index in [4.69, 9.17) is 0 Å². The Bertz CT molecular complexity index is 1050. The summed E-state index contributed by atoms with van der Waals surface area (Å²) in [5, 5.41) is 0. The first-order valence-electron chi connectivity index (χ1n) is 10.3. The lowest BCUT2D eigenvalue weighted by atomic mass is 10.2. The summed E-state index contributed by atoms with van der Waals surface area (Å²) in [6, 6.07) is 6.62. The van der Waals surface area contributed by atoms with Crippen LogP contribution in [0.1, 0.15) is 34.6 Å². The Balaban J connectivity index is 1.52. The van der Waals surface area contributed by atoms with E-state index in [1.165, 1.54) is 10.4 Å². The minimum absolute atomic E-state index is 0.216. The molecule has 7 nitrogen and oxygen atoms in total. The smallest absolute Gasteiger partial charge is 0.270 e. The van der Waals surface area contributed by atoms with Gasteiger partial charge in [0.25, 0.3) is 5.91 Å². The van der Waals surface area contributed by atoms with Gasteiger partial charge in [0, 0.05) is 45.0 Å². The molecule has 2 fully saturated rings. The number of carbonyl (C=O) groups excluding carboxylic acids is 1. The number of aryl methyl sites for hydroxylation is 1. The number of nitrogens with one attached hydrogen (secondary N) is 1. The van der Waals surface area contributed by atoms with E-state index < -0.39 is 10.0 Å². The van der Waals surface area contributed by atoms with Gasteiger partial charge in [0.15, 0.2) is 0 Å². The third kappa shape index (κ3) is 3.60.